The van der Waals surface area contributed by atoms with Crippen LogP contribution in [0.3, 0.4) is 0 Å². The molecule has 76 valence electrons. The van der Waals surface area contributed by atoms with E-state index in [1.807, 2.05) is 30.4 Å². The molecule has 0 N–H and O–H groups in total. The van der Waals surface area contributed by atoms with Gasteiger partial charge in [-0.15, -0.1) is 0 Å². The summed E-state index contributed by atoms with van der Waals surface area (Å²) in [5.74, 6) is 1.84. The highest BCUT2D eigenvalue weighted by Crippen LogP contribution is 2.22. The van der Waals surface area contributed by atoms with Crippen molar-refractivity contribution in [3.8, 4) is 0 Å². The van der Waals surface area contributed by atoms with E-state index < -0.39 is 0 Å². The summed E-state index contributed by atoms with van der Waals surface area (Å²) in [4.78, 5) is 0. The third-order valence-electron chi connectivity index (χ3n) is 2.37. The van der Waals surface area contributed by atoms with Crippen molar-refractivity contribution in [3.05, 3.63) is 65.4 Å². The van der Waals surface area contributed by atoms with Crippen LogP contribution in [0.15, 0.2) is 65.4 Å². The lowest BCUT2D eigenvalue weighted by Gasteiger charge is -2.13. The van der Waals surface area contributed by atoms with E-state index >= 15 is 0 Å². The summed E-state index contributed by atoms with van der Waals surface area (Å²) in [7, 11) is 0. The van der Waals surface area contributed by atoms with Gasteiger partial charge in [-0.25, -0.2) is 0 Å². The Bertz CT molecular complexity index is 424. The first-order valence-electron chi connectivity index (χ1n) is 5.20. The zero-order valence-corrected chi connectivity index (χ0v) is 8.86. The maximum Gasteiger partial charge on any atom is 0.169 e. The highest BCUT2D eigenvalue weighted by Gasteiger charge is 2.07. The summed E-state index contributed by atoms with van der Waals surface area (Å²) in [6.45, 7) is 2.08. The SMILES string of the molecule is CC1=C(OC2=C=CC=CC=C2)CCC=C1. The van der Waals surface area contributed by atoms with Crippen molar-refractivity contribution in [2.75, 3.05) is 0 Å². The zero-order valence-electron chi connectivity index (χ0n) is 8.86. The summed E-state index contributed by atoms with van der Waals surface area (Å²) < 4.78 is 5.80. The van der Waals surface area contributed by atoms with Crippen LogP contribution in [0.2, 0.25) is 0 Å². The summed E-state index contributed by atoms with van der Waals surface area (Å²) >= 11 is 0. The fourth-order valence-electron chi connectivity index (χ4n) is 1.53. The van der Waals surface area contributed by atoms with E-state index in [1.165, 1.54) is 5.57 Å². The van der Waals surface area contributed by atoms with Gasteiger partial charge in [0.1, 0.15) is 5.76 Å². The van der Waals surface area contributed by atoms with Crippen molar-refractivity contribution in [2.24, 2.45) is 0 Å². The molecule has 0 amide bonds. The van der Waals surface area contributed by atoms with E-state index in [9.17, 15) is 0 Å². The van der Waals surface area contributed by atoms with Gasteiger partial charge in [0.15, 0.2) is 5.76 Å². The topological polar surface area (TPSA) is 9.23 Å². The van der Waals surface area contributed by atoms with E-state index in [0.717, 1.165) is 24.4 Å². The zero-order chi connectivity index (χ0) is 10.5. The molecule has 0 aromatic carbocycles. The highest BCUT2D eigenvalue weighted by atomic mass is 16.5. The Morgan fingerprint density at radius 2 is 2.13 bits per heavy atom. The van der Waals surface area contributed by atoms with Crippen molar-refractivity contribution in [3.63, 3.8) is 0 Å². The van der Waals surface area contributed by atoms with Gasteiger partial charge in [-0.3, -0.25) is 0 Å². The van der Waals surface area contributed by atoms with Crippen LogP contribution in [-0.4, -0.2) is 0 Å². The predicted molar refractivity (Wildman–Crippen MR) is 62.0 cm³/mol. The second-order valence-electron chi connectivity index (χ2n) is 3.57. The average Bonchev–Trinajstić information content (AvgIpc) is 2.50. The van der Waals surface area contributed by atoms with Gasteiger partial charge in [-0.1, -0.05) is 36.1 Å². The van der Waals surface area contributed by atoms with E-state index in [1.54, 1.807) is 0 Å². The fourth-order valence-corrected chi connectivity index (χ4v) is 1.53. The molecule has 0 fully saturated rings. The van der Waals surface area contributed by atoms with Crippen molar-refractivity contribution in [1.82, 2.24) is 0 Å². The minimum Gasteiger partial charge on any atom is -0.453 e. The monoisotopic (exact) mass is 198 g/mol. The number of allylic oxidation sites excluding steroid dienone is 8. The normalized spacial score (nSPS) is 19.1. The molecule has 0 spiro atoms. The van der Waals surface area contributed by atoms with E-state index in [-0.39, 0.29) is 0 Å². The van der Waals surface area contributed by atoms with Crippen molar-refractivity contribution < 1.29 is 4.74 Å². The van der Waals surface area contributed by atoms with E-state index in [4.69, 9.17) is 4.74 Å². The van der Waals surface area contributed by atoms with Crippen LogP contribution in [0.1, 0.15) is 19.8 Å². The summed E-state index contributed by atoms with van der Waals surface area (Å²) in [6, 6.07) is 0. The minimum atomic E-state index is 0.782. The lowest BCUT2D eigenvalue weighted by Crippen LogP contribution is -1.97. The maximum absolute atomic E-state index is 5.80. The molecule has 15 heavy (non-hydrogen) atoms. The van der Waals surface area contributed by atoms with Gasteiger partial charge in [0.05, 0.1) is 0 Å². The van der Waals surface area contributed by atoms with Gasteiger partial charge in [0, 0.05) is 6.42 Å². The second-order valence-corrected chi connectivity index (χ2v) is 3.57. The number of hydrogen-bond acceptors (Lipinski definition) is 1. The first-order valence-corrected chi connectivity index (χ1v) is 5.20. The molecule has 0 aromatic heterocycles. The molecule has 2 rings (SSSR count). The molecule has 0 aromatic rings. The smallest absolute Gasteiger partial charge is 0.169 e. The Morgan fingerprint density at radius 3 is 3.00 bits per heavy atom. The first kappa shape index (κ1) is 9.82. The molecule has 2 aliphatic rings. The van der Waals surface area contributed by atoms with Gasteiger partial charge >= 0.3 is 0 Å². The average molecular weight is 198 g/mol. The summed E-state index contributed by atoms with van der Waals surface area (Å²) in [5, 5.41) is 0. The quantitative estimate of drug-likeness (QED) is 0.613. The molecule has 0 atom stereocenters. The first-order chi connectivity index (χ1) is 7.36. The molecule has 0 aliphatic heterocycles. The van der Waals surface area contributed by atoms with Crippen LogP contribution in [0, 0.1) is 0 Å². The van der Waals surface area contributed by atoms with Gasteiger partial charge in [0.25, 0.3) is 0 Å². The molecule has 1 heteroatoms. The maximum atomic E-state index is 5.80. The molecule has 1 nitrogen and oxygen atoms in total. The Kier molecular flexibility index (Phi) is 3.06. The Labute approximate surface area is 90.4 Å². The van der Waals surface area contributed by atoms with Crippen LogP contribution in [0.25, 0.3) is 0 Å². The van der Waals surface area contributed by atoms with Gasteiger partial charge in [-0.2, -0.15) is 0 Å². The van der Waals surface area contributed by atoms with Gasteiger partial charge in [-0.05, 0) is 31.1 Å². The lowest BCUT2D eigenvalue weighted by molar-refractivity contribution is 0.301. The fraction of sp³-hybridized carbons (Fsp3) is 0.214. The van der Waals surface area contributed by atoms with Crippen LogP contribution < -0.4 is 0 Å². The van der Waals surface area contributed by atoms with Gasteiger partial charge in [0.2, 0.25) is 0 Å². The molecule has 0 saturated heterocycles. The minimum absolute atomic E-state index is 0.782. The lowest BCUT2D eigenvalue weighted by atomic mass is 10.1. The number of ether oxygens (including phenoxy) is 1. The van der Waals surface area contributed by atoms with Crippen molar-refractivity contribution >= 4 is 0 Å². The molecule has 0 radical (unpaired) electrons. The molecule has 2 aliphatic carbocycles. The Hall–Kier alpha value is -1.72. The van der Waals surface area contributed by atoms with Crippen LogP contribution in [0.5, 0.6) is 0 Å². The third kappa shape index (κ3) is 2.61. The van der Waals surface area contributed by atoms with Crippen LogP contribution in [-0.2, 0) is 4.74 Å². The van der Waals surface area contributed by atoms with Gasteiger partial charge < -0.3 is 4.74 Å². The molecular formula is C14H14O. The highest BCUT2D eigenvalue weighted by molar-refractivity contribution is 5.29. The Morgan fingerprint density at radius 1 is 1.20 bits per heavy atom. The van der Waals surface area contributed by atoms with Crippen LogP contribution >= 0.6 is 0 Å². The molecule has 0 unspecified atom stereocenters. The van der Waals surface area contributed by atoms with Crippen molar-refractivity contribution in [2.45, 2.75) is 19.8 Å². The molecule has 0 heterocycles. The standard InChI is InChI=1S/C14H14O/c1-12-8-6-7-11-14(12)15-13-9-4-2-3-5-10-13/h2-6,8-9H,7,11H2,1H3. The molecule has 0 bridgehead atoms. The largest absolute Gasteiger partial charge is 0.453 e. The number of rotatable bonds is 2. The molecule has 0 saturated carbocycles. The molecular weight excluding hydrogens is 184 g/mol. The predicted octanol–water partition coefficient (Wildman–Crippen LogP) is 3.79. The van der Waals surface area contributed by atoms with Crippen LogP contribution in [0.4, 0.5) is 0 Å². The van der Waals surface area contributed by atoms with Crippen molar-refractivity contribution in [1.29, 1.82) is 0 Å². The third-order valence-corrected chi connectivity index (χ3v) is 2.37. The summed E-state index contributed by atoms with van der Waals surface area (Å²) in [5.41, 5.74) is 4.30. The number of hydrogen-bond donors (Lipinski definition) is 0. The second kappa shape index (κ2) is 4.68. The van der Waals surface area contributed by atoms with E-state index in [0.29, 0.717) is 0 Å². The Balaban J connectivity index is 2.15. The summed E-state index contributed by atoms with van der Waals surface area (Å²) in [6.07, 6.45) is 16.0. The van der Waals surface area contributed by atoms with E-state index in [2.05, 4.69) is 24.8 Å².